The Morgan fingerprint density at radius 3 is 2.23 bits per heavy atom. The molecule has 1 saturated heterocycles. The molecule has 0 aliphatic carbocycles. The lowest BCUT2D eigenvalue weighted by Crippen LogP contribution is -2.48. The molecule has 0 bridgehead atoms. The summed E-state index contributed by atoms with van der Waals surface area (Å²) >= 11 is 0. The van der Waals surface area contributed by atoms with Crippen molar-refractivity contribution in [3.05, 3.63) is 70.4 Å². The summed E-state index contributed by atoms with van der Waals surface area (Å²) in [5.41, 5.74) is 5.49. The Hall–Kier alpha value is -2.96. The van der Waals surface area contributed by atoms with Gasteiger partial charge in [0, 0.05) is 32.7 Å². The number of imide groups is 1. The van der Waals surface area contributed by atoms with Gasteiger partial charge in [-0.1, -0.05) is 35.9 Å². The van der Waals surface area contributed by atoms with Crippen molar-refractivity contribution in [3.63, 3.8) is 0 Å². The van der Waals surface area contributed by atoms with Gasteiger partial charge in [0.15, 0.2) is 0 Å². The maximum Gasteiger partial charge on any atom is 0.282 e. The molecule has 0 spiro atoms. The minimum absolute atomic E-state index is 0.120. The number of hydrogen-bond acceptors (Lipinski definition) is 5. The Bertz CT molecular complexity index is 1050. The SMILES string of the molecule is Cc1cccc(N2C(=O)C(c3ccc(C)cc3C)=C(N3CCN(CCO)CC3)C2=O)c1. The second kappa shape index (κ2) is 8.65. The minimum atomic E-state index is -0.268. The number of aliphatic hydroxyl groups is 1. The molecule has 31 heavy (non-hydrogen) atoms. The van der Waals surface area contributed by atoms with E-state index in [1.54, 1.807) is 0 Å². The normalized spacial score (nSPS) is 17.8. The van der Waals surface area contributed by atoms with Gasteiger partial charge >= 0.3 is 0 Å². The molecule has 2 aliphatic rings. The lowest BCUT2D eigenvalue weighted by Gasteiger charge is -2.36. The summed E-state index contributed by atoms with van der Waals surface area (Å²) in [6.07, 6.45) is 0. The van der Waals surface area contributed by atoms with Crippen LogP contribution in [0.3, 0.4) is 0 Å². The van der Waals surface area contributed by atoms with Gasteiger partial charge in [-0.2, -0.15) is 0 Å². The highest BCUT2D eigenvalue weighted by Gasteiger charge is 2.43. The standard InChI is InChI=1S/C25H29N3O3/c1-17-5-4-6-20(16-17)28-24(30)22(21-8-7-18(2)15-19(21)3)23(25(28)31)27-11-9-26(10-12-27)13-14-29/h4-8,15-16,29H,9-14H2,1-3H3. The molecule has 1 fully saturated rings. The number of aryl methyl sites for hydroxylation is 3. The van der Waals surface area contributed by atoms with E-state index in [0.717, 1.165) is 35.3 Å². The smallest absolute Gasteiger partial charge is 0.282 e. The van der Waals surface area contributed by atoms with Crippen molar-refractivity contribution in [1.29, 1.82) is 0 Å². The van der Waals surface area contributed by atoms with Gasteiger partial charge in [0.2, 0.25) is 0 Å². The second-order valence-corrected chi connectivity index (χ2v) is 8.38. The number of aliphatic hydroxyl groups excluding tert-OH is 1. The van der Waals surface area contributed by atoms with Gasteiger partial charge < -0.3 is 10.0 Å². The molecule has 6 heteroatoms. The molecular formula is C25H29N3O3. The number of hydrogen-bond donors (Lipinski definition) is 1. The summed E-state index contributed by atoms with van der Waals surface area (Å²) in [7, 11) is 0. The fourth-order valence-electron chi connectivity index (χ4n) is 4.49. The highest BCUT2D eigenvalue weighted by molar-refractivity contribution is 6.45. The number of amides is 2. The van der Waals surface area contributed by atoms with Crippen LogP contribution in [0.1, 0.15) is 22.3 Å². The van der Waals surface area contributed by atoms with Crippen molar-refractivity contribution in [2.24, 2.45) is 0 Å². The number of piperazine rings is 1. The van der Waals surface area contributed by atoms with Crippen molar-refractivity contribution in [3.8, 4) is 0 Å². The van der Waals surface area contributed by atoms with E-state index in [-0.39, 0.29) is 18.4 Å². The fourth-order valence-corrected chi connectivity index (χ4v) is 4.49. The number of anilines is 1. The molecule has 0 aromatic heterocycles. The highest BCUT2D eigenvalue weighted by atomic mass is 16.3. The lowest BCUT2D eigenvalue weighted by atomic mass is 9.97. The van der Waals surface area contributed by atoms with Crippen LogP contribution >= 0.6 is 0 Å². The number of benzene rings is 2. The molecule has 1 N–H and O–H groups in total. The Balaban J connectivity index is 1.78. The molecule has 4 rings (SSSR count). The first kappa shape index (κ1) is 21.3. The number of β-amino-alcohol motifs (C(OH)–C–C–N with tert-alkyl or cyclic N) is 1. The molecule has 0 saturated carbocycles. The van der Waals surface area contributed by atoms with Gasteiger partial charge in [0.25, 0.3) is 11.8 Å². The summed E-state index contributed by atoms with van der Waals surface area (Å²) in [6.45, 7) is 9.48. The third-order valence-electron chi connectivity index (χ3n) is 6.08. The van der Waals surface area contributed by atoms with E-state index < -0.39 is 0 Å². The molecule has 162 valence electrons. The van der Waals surface area contributed by atoms with Gasteiger partial charge in [-0.3, -0.25) is 14.5 Å². The van der Waals surface area contributed by atoms with E-state index in [1.165, 1.54) is 4.90 Å². The topological polar surface area (TPSA) is 64.1 Å². The van der Waals surface area contributed by atoms with Crippen molar-refractivity contribution in [1.82, 2.24) is 9.80 Å². The van der Waals surface area contributed by atoms with E-state index in [4.69, 9.17) is 0 Å². The Labute approximate surface area is 183 Å². The maximum atomic E-state index is 13.7. The Kier molecular flexibility index (Phi) is 5.94. The van der Waals surface area contributed by atoms with Gasteiger partial charge in [-0.05, 0) is 49.6 Å². The van der Waals surface area contributed by atoms with E-state index in [2.05, 4.69) is 4.90 Å². The van der Waals surface area contributed by atoms with E-state index in [0.29, 0.717) is 36.6 Å². The predicted molar refractivity (Wildman–Crippen MR) is 122 cm³/mol. The van der Waals surface area contributed by atoms with Crippen LogP contribution in [-0.4, -0.2) is 66.1 Å². The van der Waals surface area contributed by atoms with Gasteiger partial charge in [0.1, 0.15) is 5.70 Å². The fraction of sp³-hybridized carbons (Fsp3) is 0.360. The molecule has 2 aromatic rings. The van der Waals surface area contributed by atoms with E-state index >= 15 is 0 Å². The Morgan fingerprint density at radius 2 is 1.58 bits per heavy atom. The third-order valence-corrected chi connectivity index (χ3v) is 6.08. The van der Waals surface area contributed by atoms with Gasteiger partial charge in [0.05, 0.1) is 17.9 Å². The largest absolute Gasteiger partial charge is 0.395 e. The monoisotopic (exact) mass is 419 g/mol. The summed E-state index contributed by atoms with van der Waals surface area (Å²) in [5.74, 6) is -0.531. The molecule has 0 unspecified atom stereocenters. The quantitative estimate of drug-likeness (QED) is 0.755. The summed E-state index contributed by atoms with van der Waals surface area (Å²) in [4.78, 5) is 32.8. The van der Waals surface area contributed by atoms with E-state index in [9.17, 15) is 14.7 Å². The average Bonchev–Trinajstić information content (AvgIpc) is 2.99. The number of carbonyl (C=O) groups excluding carboxylic acids is 2. The molecule has 2 amide bonds. The number of rotatable bonds is 5. The Morgan fingerprint density at radius 1 is 0.871 bits per heavy atom. The first-order valence-corrected chi connectivity index (χ1v) is 10.8. The van der Waals surface area contributed by atoms with Crippen LogP contribution in [0.2, 0.25) is 0 Å². The average molecular weight is 420 g/mol. The van der Waals surface area contributed by atoms with Gasteiger partial charge in [-0.25, -0.2) is 4.90 Å². The molecule has 6 nitrogen and oxygen atoms in total. The summed E-state index contributed by atoms with van der Waals surface area (Å²) in [6, 6.07) is 13.5. The van der Waals surface area contributed by atoms with Crippen LogP contribution in [0.5, 0.6) is 0 Å². The molecule has 2 aromatic carbocycles. The number of carbonyl (C=O) groups is 2. The maximum absolute atomic E-state index is 13.7. The molecular weight excluding hydrogens is 390 g/mol. The molecule has 0 atom stereocenters. The van der Waals surface area contributed by atoms with Crippen molar-refractivity contribution in [2.75, 3.05) is 44.2 Å². The number of nitrogens with zero attached hydrogens (tertiary/aromatic N) is 3. The van der Waals surface area contributed by atoms with Crippen LogP contribution in [0.15, 0.2) is 48.2 Å². The highest BCUT2D eigenvalue weighted by Crippen LogP contribution is 2.36. The summed E-state index contributed by atoms with van der Waals surface area (Å²) < 4.78 is 0. The molecule has 2 heterocycles. The first-order chi connectivity index (χ1) is 14.9. The second-order valence-electron chi connectivity index (χ2n) is 8.38. The zero-order chi connectivity index (χ0) is 22.1. The van der Waals surface area contributed by atoms with Crippen LogP contribution in [0, 0.1) is 20.8 Å². The van der Waals surface area contributed by atoms with Crippen LogP contribution in [-0.2, 0) is 9.59 Å². The minimum Gasteiger partial charge on any atom is -0.395 e. The van der Waals surface area contributed by atoms with E-state index in [1.807, 2.05) is 68.1 Å². The van der Waals surface area contributed by atoms with Crippen LogP contribution in [0.25, 0.3) is 5.57 Å². The zero-order valence-corrected chi connectivity index (χ0v) is 18.4. The third kappa shape index (κ3) is 4.01. The van der Waals surface area contributed by atoms with Crippen molar-refractivity contribution < 1.29 is 14.7 Å². The lowest BCUT2D eigenvalue weighted by molar-refractivity contribution is -0.120. The first-order valence-electron chi connectivity index (χ1n) is 10.8. The van der Waals surface area contributed by atoms with Crippen molar-refractivity contribution >= 4 is 23.1 Å². The van der Waals surface area contributed by atoms with Crippen LogP contribution < -0.4 is 4.90 Å². The summed E-state index contributed by atoms with van der Waals surface area (Å²) in [5, 5.41) is 9.23. The predicted octanol–water partition coefficient (Wildman–Crippen LogP) is 2.51. The van der Waals surface area contributed by atoms with Gasteiger partial charge in [-0.15, -0.1) is 0 Å². The zero-order valence-electron chi connectivity index (χ0n) is 18.4. The van der Waals surface area contributed by atoms with Crippen molar-refractivity contribution in [2.45, 2.75) is 20.8 Å². The molecule has 0 radical (unpaired) electrons. The molecule has 2 aliphatic heterocycles. The van der Waals surface area contributed by atoms with Crippen LogP contribution in [0.4, 0.5) is 5.69 Å².